The van der Waals surface area contributed by atoms with Crippen molar-refractivity contribution in [1.82, 2.24) is 10.5 Å². The van der Waals surface area contributed by atoms with E-state index in [0.29, 0.717) is 23.1 Å². The summed E-state index contributed by atoms with van der Waals surface area (Å²) in [6, 6.07) is 7.41. The van der Waals surface area contributed by atoms with Crippen molar-refractivity contribution >= 4 is 17.5 Å². The van der Waals surface area contributed by atoms with Crippen LogP contribution in [0.1, 0.15) is 30.9 Å². The highest BCUT2D eigenvalue weighted by molar-refractivity contribution is 6.02. The molecule has 1 aliphatic rings. The van der Waals surface area contributed by atoms with Gasteiger partial charge in [-0.15, -0.1) is 0 Å². The van der Waals surface area contributed by atoms with Crippen molar-refractivity contribution in [2.45, 2.75) is 33.7 Å². The number of ether oxygens (including phenoxy) is 1. The Morgan fingerprint density at radius 1 is 1.35 bits per heavy atom. The molecule has 2 amide bonds. The molecular formula is C19H23N3O4. The van der Waals surface area contributed by atoms with Crippen molar-refractivity contribution in [3.8, 4) is 5.75 Å². The Morgan fingerprint density at radius 2 is 2.15 bits per heavy atom. The Labute approximate surface area is 152 Å². The number of carbonyl (C=O) groups excluding carboxylic acids is 2. The van der Waals surface area contributed by atoms with Crippen LogP contribution in [0.4, 0.5) is 5.69 Å². The average Bonchev–Trinajstić information content (AvgIpc) is 3.02. The van der Waals surface area contributed by atoms with Gasteiger partial charge in [0.15, 0.2) is 12.4 Å². The van der Waals surface area contributed by atoms with E-state index in [1.165, 1.54) is 4.90 Å². The first-order valence-electron chi connectivity index (χ1n) is 8.67. The monoisotopic (exact) mass is 357 g/mol. The maximum atomic E-state index is 12.3. The lowest BCUT2D eigenvalue weighted by Gasteiger charge is -2.29. The molecule has 0 fully saturated rings. The number of hydrogen-bond acceptors (Lipinski definition) is 5. The van der Waals surface area contributed by atoms with Gasteiger partial charge in [0.1, 0.15) is 12.3 Å². The van der Waals surface area contributed by atoms with Crippen LogP contribution in [-0.2, 0) is 22.6 Å². The molecule has 1 aromatic carbocycles. The molecule has 0 radical (unpaired) electrons. The quantitative estimate of drug-likeness (QED) is 0.857. The molecule has 0 saturated heterocycles. The number of carbonyl (C=O) groups is 2. The van der Waals surface area contributed by atoms with E-state index in [2.05, 4.69) is 24.3 Å². The maximum Gasteiger partial charge on any atom is 0.265 e. The molecule has 1 N–H and O–H groups in total. The maximum absolute atomic E-state index is 12.3. The first kappa shape index (κ1) is 18.0. The van der Waals surface area contributed by atoms with Crippen LogP contribution < -0.4 is 15.0 Å². The second kappa shape index (κ2) is 7.59. The van der Waals surface area contributed by atoms with Crippen molar-refractivity contribution in [1.29, 1.82) is 0 Å². The van der Waals surface area contributed by atoms with E-state index in [1.807, 2.05) is 31.2 Å². The van der Waals surface area contributed by atoms with Crippen LogP contribution in [0.15, 0.2) is 28.8 Å². The summed E-state index contributed by atoms with van der Waals surface area (Å²) in [5.74, 6) is 1.18. The Morgan fingerprint density at radius 3 is 2.92 bits per heavy atom. The highest BCUT2D eigenvalue weighted by Crippen LogP contribution is 2.32. The van der Waals surface area contributed by atoms with Crippen LogP contribution in [0.3, 0.4) is 0 Å². The molecule has 2 heterocycles. The van der Waals surface area contributed by atoms with Crippen LogP contribution in [0.2, 0.25) is 0 Å². The van der Waals surface area contributed by atoms with Gasteiger partial charge in [0.05, 0.1) is 17.9 Å². The van der Waals surface area contributed by atoms with Gasteiger partial charge in [-0.05, 0) is 37.0 Å². The van der Waals surface area contributed by atoms with Crippen LogP contribution >= 0.6 is 0 Å². The number of nitrogens with one attached hydrogen (secondary N) is 1. The molecule has 2 aromatic rings. The highest BCUT2D eigenvalue weighted by Gasteiger charge is 2.27. The van der Waals surface area contributed by atoms with Gasteiger partial charge in [-0.2, -0.15) is 0 Å². The first-order chi connectivity index (χ1) is 12.4. The van der Waals surface area contributed by atoms with Crippen molar-refractivity contribution in [3.63, 3.8) is 0 Å². The lowest BCUT2D eigenvalue weighted by molar-refractivity contribution is -0.125. The number of fused-ring (bicyclic) bond motifs is 1. The lowest BCUT2D eigenvalue weighted by Crippen LogP contribution is -2.45. The number of rotatable bonds is 6. The minimum atomic E-state index is -0.269. The van der Waals surface area contributed by atoms with Gasteiger partial charge >= 0.3 is 0 Å². The zero-order chi connectivity index (χ0) is 18.7. The number of hydrogen-bond donors (Lipinski definition) is 1. The van der Waals surface area contributed by atoms with Crippen LogP contribution in [0.5, 0.6) is 5.75 Å². The van der Waals surface area contributed by atoms with Crippen LogP contribution in [0, 0.1) is 12.8 Å². The zero-order valence-electron chi connectivity index (χ0n) is 15.2. The summed E-state index contributed by atoms with van der Waals surface area (Å²) in [6.07, 6.45) is 0.829. The molecule has 26 heavy (non-hydrogen) atoms. The van der Waals surface area contributed by atoms with E-state index < -0.39 is 0 Å². The molecule has 1 aromatic heterocycles. The fourth-order valence-electron chi connectivity index (χ4n) is 2.82. The summed E-state index contributed by atoms with van der Waals surface area (Å²) >= 11 is 0. The highest BCUT2D eigenvalue weighted by atomic mass is 16.5. The van der Waals surface area contributed by atoms with E-state index in [-0.39, 0.29) is 31.5 Å². The number of aryl methyl sites for hydroxylation is 1. The predicted molar refractivity (Wildman–Crippen MR) is 95.9 cm³/mol. The molecular weight excluding hydrogens is 334 g/mol. The Balaban J connectivity index is 1.61. The Kier molecular flexibility index (Phi) is 5.25. The third-order valence-corrected chi connectivity index (χ3v) is 4.04. The van der Waals surface area contributed by atoms with Gasteiger partial charge in [-0.25, -0.2) is 0 Å². The van der Waals surface area contributed by atoms with E-state index in [4.69, 9.17) is 9.26 Å². The van der Waals surface area contributed by atoms with E-state index in [9.17, 15) is 9.59 Å². The summed E-state index contributed by atoms with van der Waals surface area (Å²) < 4.78 is 10.7. The molecule has 0 atom stereocenters. The zero-order valence-corrected chi connectivity index (χ0v) is 15.2. The minimum Gasteiger partial charge on any atom is -0.482 e. The summed E-state index contributed by atoms with van der Waals surface area (Å²) in [6.45, 7) is 6.25. The SMILES string of the molecule is Cc1ccc2c(c1)N(CC(=O)NCc1cc(CC(C)C)no1)C(=O)CO2. The Bertz CT molecular complexity index is 813. The third kappa shape index (κ3) is 4.22. The molecule has 1 aliphatic heterocycles. The predicted octanol–water partition coefficient (Wildman–Crippen LogP) is 2.22. The smallest absolute Gasteiger partial charge is 0.265 e. The van der Waals surface area contributed by atoms with Crippen molar-refractivity contribution in [3.05, 3.63) is 41.3 Å². The molecule has 0 spiro atoms. The van der Waals surface area contributed by atoms with E-state index in [0.717, 1.165) is 17.7 Å². The standard InChI is InChI=1S/C19H23N3O4/c1-12(2)6-14-8-15(26-21-14)9-20-18(23)10-22-16-7-13(3)4-5-17(16)25-11-19(22)24/h4-5,7-8,12H,6,9-11H2,1-3H3,(H,20,23). The third-order valence-electron chi connectivity index (χ3n) is 4.04. The second-order valence-electron chi connectivity index (χ2n) is 6.90. The van der Waals surface area contributed by atoms with Gasteiger partial charge in [0.25, 0.3) is 5.91 Å². The molecule has 7 heteroatoms. The van der Waals surface area contributed by atoms with Gasteiger partial charge in [0, 0.05) is 6.07 Å². The largest absolute Gasteiger partial charge is 0.482 e. The first-order valence-corrected chi connectivity index (χ1v) is 8.67. The van der Waals surface area contributed by atoms with Crippen molar-refractivity contribution in [2.75, 3.05) is 18.1 Å². The minimum absolute atomic E-state index is 0.0639. The molecule has 3 rings (SSSR count). The molecule has 138 valence electrons. The lowest BCUT2D eigenvalue weighted by atomic mass is 10.1. The second-order valence-corrected chi connectivity index (χ2v) is 6.90. The summed E-state index contributed by atoms with van der Waals surface area (Å²) in [5.41, 5.74) is 2.49. The fraction of sp³-hybridized carbons (Fsp3) is 0.421. The molecule has 0 saturated carbocycles. The molecule has 0 unspecified atom stereocenters. The van der Waals surface area contributed by atoms with Gasteiger partial charge in [-0.3, -0.25) is 14.5 Å². The van der Waals surface area contributed by atoms with Gasteiger partial charge in [0.2, 0.25) is 5.91 Å². The average molecular weight is 357 g/mol. The number of aromatic nitrogens is 1. The van der Waals surface area contributed by atoms with Crippen LogP contribution in [0.25, 0.3) is 0 Å². The van der Waals surface area contributed by atoms with E-state index >= 15 is 0 Å². The topological polar surface area (TPSA) is 84.7 Å². The summed E-state index contributed by atoms with van der Waals surface area (Å²) in [7, 11) is 0. The Hall–Kier alpha value is -2.83. The number of nitrogens with zero attached hydrogens (tertiary/aromatic N) is 2. The molecule has 7 nitrogen and oxygen atoms in total. The number of anilines is 1. The van der Waals surface area contributed by atoms with Crippen molar-refractivity contribution in [2.24, 2.45) is 5.92 Å². The van der Waals surface area contributed by atoms with Crippen LogP contribution in [-0.4, -0.2) is 30.1 Å². The summed E-state index contributed by atoms with van der Waals surface area (Å²) in [5, 5.41) is 6.77. The summed E-state index contributed by atoms with van der Waals surface area (Å²) in [4.78, 5) is 25.9. The normalized spacial score (nSPS) is 13.5. The number of amides is 2. The molecule has 0 bridgehead atoms. The van der Waals surface area contributed by atoms with Crippen molar-refractivity contribution < 1.29 is 18.8 Å². The van der Waals surface area contributed by atoms with E-state index in [1.54, 1.807) is 0 Å². The molecule has 0 aliphatic carbocycles. The fourth-order valence-corrected chi connectivity index (χ4v) is 2.82. The van der Waals surface area contributed by atoms with Gasteiger partial charge < -0.3 is 14.6 Å². The number of benzene rings is 1. The van der Waals surface area contributed by atoms with Gasteiger partial charge in [-0.1, -0.05) is 25.1 Å².